The van der Waals surface area contributed by atoms with E-state index in [1.807, 2.05) is 0 Å². The van der Waals surface area contributed by atoms with Gasteiger partial charge in [-0.3, -0.25) is 0 Å². The highest BCUT2D eigenvalue weighted by Gasteiger charge is 2.23. The van der Waals surface area contributed by atoms with Gasteiger partial charge in [0.15, 0.2) is 0 Å². The van der Waals surface area contributed by atoms with Crippen molar-refractivity contribution in [3.63, 3.8) is 0 Å². The lowest BCUT2D eigenvalue weighted by Gasteiger charge is -2.31. The first kappa shape index (κ1) is 14.1. The summed E-state index contributed by atoms with van der Waals surface area (Å²) in [6.45, 7) is 4.17. The Morgan fingerprint density at radius 3 is 2.85 bits per heavy atom. The number of hydrogen-bond acceptors (Lipinski definition) is 2. The van der Waals surface area contributed by atoms with Crippen LogP contribution in [0.2, 0.25) is 0 Å². The first-order chi connectivity index (χ1) is 9.84. The molecule has 0 radical (unpaired) electrons. The molecule has 2 aliphatic rings. The molecule has 2 atom stereocenters. The number of nitrogens with one attached hydrogen (secondary N) is 1. The number of benzene rings is 1. The minimum atomic E-state index is 0.242. The van der Waals surface area contributed by atoms with Crippen molar-refractivity contribution < 1.29 is 4.74 Å². The maximum absolute atomic E-state index is 5.98. The third-order valence-electron chi connectivity index (χ3n) is 5.07. The van der Waals surface area contributed by atoms with Crippen LogP contribution in [0.3, 0.4) is 0 Å². The SMILES string of the molecule is C[C@H](NCC1OCCc2ccccc21)C1CCCCC1. The van der Waals surface area contributed by atoms with Crippen LogP contribution < -0.4 is 5.32 Å². The van der Waals surface area contributed by atoms with Crippen molar-refractivity contribution in [1.82, 2.24) is 5.32 Å². The zero-order valence-corrected chi connectivity index (χ0v) is 12.6. The number of ether oxygens (including phenoxy) is 1. The predicted molar refractivity (Wildman–Crippen MR) is 82.9 cm³/mol. The predicted octanol–water partition coefficient (Wildman–Crippen LogP) is 3.86. The monoisotopic (exact) mass is 273 g/mol. The molecule has 0 aromatic heterocycles. The van der Waals surface area contributed by atoms with E-state index in [1.165, 1.54) is 43.2 Å². The molecule has 3 rings (SSSR count). The second-order valence-electron chi connectivity index (χ2n) is 6.40. The molecule has 0 saturated heterocycles. The zero-order chi connectivity index (χ0) is 13.8. The van der Waals surface area contributed by atoms with Crippen LogP contribution in [0, 0.1) is 5.92 Å². The molecule has 0 bridgehead atoms. The van der Waals surface area contributed by atoms with E-state index in [0.717, 1.165) is 25.5 Å². The van der Waals surface area contributed by atoms with Gasteiger partial charge in [-0.05, 0) is 43.2 Å². The van der Waals surface area contributed by atoms with Crippen LogP contribution in [0.4, 0.5) is 0 Å². The Balaban J connectivity index is 1.56. The highest BCUT2D eigenvalue weighted by molar-refractivity contribution is 5.31. The fourth-order valence-corrected chi connectivity index (χ4v) is 3.74. The highest BCUT2D eigenvalue weighted by Crippen LogP contribution is 2.28. The van der Waals surface area contributed by atoms with Gasteiger partial charge in [0.25, 0.3) is 0 Å². The summed E-state index contributed by atoms with van der Waals surface area (Å²) in [5.74, 6) is 0.864. The summed E-state index contributed by atoms with van der Waals surface area (Å²) in [4.78, 5) is 0. The van der Waals surface area contributed by atoms with Crippen molar-refractivity contribution in [3.05, 3.63) is 35.4 Å². The van der Waals surface area contributed by atoms with Gasteiger partial charge in [0.05, 0.1) is 12.7 Å². The van der Waals surface area contributed by atoms with Crippen LogP contribution in [0.25, 0.3) is 0 Å². The van der Waals surface area contributed by atoms with E-state index in [4.69, 9.17) is 4.74 Å². The molecule has 1 aromatic carbocycles. The summed E-state index contributed by atoms with van der Waals surface area (Å²) in [6.07, 6.45) is 8.37. The molecule has 1 N–H and O–H groups in total. The van der Waals surface area contributed by atoms with Gasteiger partial charge >= 0.3 is 0 Å². The largest absolute Gasteiger partial charge is 0.372 e. The Bertz CT molecular complexity index is 425. The van der Waals surface area contributed by atoms with Crippen LogP contribution >= 0.6 is 0 Å². The standard InChI is InChI=1S/C18H27NO/c1-14(15-7-3-2-4-8-15)19-13-18-17-10-6-5-9-16(17)11-12-20-18/h5-6,9-10,14-15,18-19H,2-4,7-8,11-13H2,1H3/t14-,18?/m0/s1. The molecule has 1 aromatic rings. The molecule has 2 heteroatoms. The Kier molecular flexibility index (Phi) is 4.74. The van der Waals surface area contributed by atoms with Crippen LogP contribution in [-0.4, -0.2) is 19.2 Å². The fourth-order valence-electron chi connectivity index (χ4n) is 3.74. The molecular formula is C18H27NO. The van der Waals surface area contributed by atoms with Gasteiger partial charge < -0.3 is 10.1 Å². The van der Waals surface area contributed by atoms with Gasteiger partial charge in [0, 0.05) is 12.6 Å². The molecule has 1 aliphatic heterocycles. The average molecular weight is 273 g/mol. The number of rotatable bonds is 4. The molecule has 1 saturated carbocycles. The van der Waals surface area contributed by atoms with Gasteiger partial charge in [-0.2, -0.15) is 0 Å². The van der Waals surface area contributed by atoms with Gasteiger partial charge in [-0.1, -0.05) is 43.5 Å². The van der Waals surface area contributed by atoms with E-state index in [1.54, 1.807) is 0 Å². The molecule has 2 nitrogen and oxygen atoms in total. The molecular weight excluding hydrogens is 246 g/mol. The minimum absolute atomic E-state index is 0.242. The van der Waals surface area contributed by atoms with Crippen LogP contribution in [-0.2, 0) is 11.2 Å². The van der Waals surface area contributed by atoms with Gasteiger partial charge in [-0.15, -0.1) is 0 Å². The lowest BCUT2D eigenvalue weighted by Crippen LogP contribution is -2.38. The maximum Gasteiger partial charge on any atom is 0.0952 e. The molecule has 1 unspecified atom stereocenters. The summed E-state index contributed by atoms with van der Waals surface area (Å²) < 4.78 is 5.98. The molecule has 20 heavy (non-hydrogen) atoms. The van der Waals surface area contributed by atoms with E-state index in [9.17, 15) is 0 Å². The minimum Gasteiger partial charge on any atom is -0.372 e. The lowest BCUT2D eigenvalue weighted by molar-refractivity contribution is 0.0390. The summed E-state index contributed by atoms with van der Waals surface area (Å²) in [5.41, 5.74) is 2.86. The van der Waals surface area contributed by atoms with E-state index < -0.39 is 0 Å². The fraction of sp³-hybridized carbons (Fsp3) is 0.667. The van der Waals surface area contributed by atoms with Crippen molar-refractivity contribution >= 4 is 0 Å². The smallest absolute Gasteiger partial charge is 0.0952 e. The molecule has 110 valence electrons. The van der Waals surface area contributed by atoms with Crippen molar-refractivity contribution in [3.8, 4) is 0 Å². The second-order valence-corrected chi connectivity index (χ2v) is 6.40. The lowest BCUT2D eigenvalue weighted by atomic mass is 9.84. The van der Waals surface area contributed by atoms with E-state index in [2.05, 4.69) is 36.5 Å². The van der Waals surface area contributed by atoms with Crippen LogP contribution in [0.1, 0.15) is 56.3 Å². The molecule has 0 amide bonds. The highest BCUT2D eigenvalue weighted by atomic mass is 16.5. The second kappa shape index (κ2) is 6.73. The summed E-state index contributed by atoms with van der Waals surface area (Å²) in [5, 5.41) is 3.74. The third-order valence-corrected chi connectivity index (χ3v) is 5.07. The Labute approximate surface area is 122 Å². The maximum atomic E-state index is 5.98. The van der Waals surface area contributed by atoms with Crippen LogP contribution in [0.5, 0.6) is 0 Å². The van der Waals surface area contributed by atoms with E-state index >= 15 is 0 Å². The molecule has 0 spiro atoms. The van der Waals surface area contributed by atoms with Crippen molar-refractivity contribution in [2.45, 2.75) is 57.6 Å². The molecule has 1 heterocycles. The summed E-state index contributed by atoms with van der Waals surface area (Å²) >= 11 is 0. The topological polar surface area (TPSA) is 21.3 Å². The van der Waals surface area contributed by atoms with E-state index in [-0.39, 0.29) is 6.10 Å². The molecule has 1 aliphatic carbocycles. The van der Waals surface area contributed by atoms with Crippen molar-refractivity contribution in [2.75, 3.05) is 13.2 Å². The quantitative estimate of drug-likeness (QED) is 0.899. The Morgan fingerprint density at radius 1 is 1.20 bits per heavy atom. The summed E-state index contributed by atoms with van der Waals surface area (Å²) in [6, 6.07) is 9.36. The first-order valence-electron chi connectivity index (χ1n) is 8.27. The zero-order valence-electron chi connectivity index (χ0n) is 12.6. The molecule has 1 fully saturated rings. The van der Waals surface area contributed by atoms with E-state index in [0.29, 0.717) is 6.04 Å². The van der Waals surface area contributed by atoms with Crippen molar-refractivity contribution in [2.24, 2.45) is 5.92 Å². The number of hydrogen-bond donors (Lipinski definition) is 1. The van der Waals surface area contributed by atoms with Gasteiger partial charge in [0.1, 0.15) is 0 Å². The van der Waals surface area contributed by atoms with Crippen molar-refractivity contribution in [1.29, 1.82) is 0 Å². The number of fused-ring (bicyclic) bond motifs is 1. The van der Waals surface area contributed by atoms with Crippen LogP contribution in [0.15, 0.2) is 24.3 Å². The Morgan fingerprint density at radius 2 is 2.00 bits per heavy atom. The summed E-state index contributed by atoms with van der Waals surface area (Å²) in [7, 11) is 0. The Hall–Kier alpha value is -0.860. The third kappa shape index (κ3) is 3.24. The first-order valence-corrected chi connectivity index (χ1v) is 8.27. The van der Waals surface area contributed by atoms with Gasteiger partial charge in [0.2, 0.25) is 0 Å². The average Bonchev–Trinajstić information content (AvgIpc) is 2.53. The normalized spacial score (nSPS) is 25.1. The van der Waals surface area contributed by atoms with Gasteiger partial charge in [-0.25, -0.2) is 0 Å².